The Morgan fingerprint density at radius 3 is 1.09 bits per heavy atom. The van der Waals surface area contributed by atoms with Gasteiger partial charge in [0.1, 0.15) is 19.3 Å². The summed E-state index contributed by atoms with van der Waals surface area (Å²) in [5.74, 6) is 1.40. The molecule has 0 N–H and O–H groups in total. The molecule has 6 nitrogen and oxygen atoms in total. The van der Waals surface area contributed by atoms with Crippen LogP contribution in [0.3, 0.4) is 0 Å². The molecule has 8 unspecified atom stereocenters. The van der Waals surface area contributed by atoms with E-state index >= 15 is 0 Å². The summed E-state index contributed by atoms with van der Waals surface area (Å²) in [4.78, 5) is 38.2. The van der Waals surface area contributed by atoms with Gasteiger partial charge in [0, 0.05) is 76.5 Å². The van der Waals surface area contributed by atoms with Gasteiger partial charge in [0.05, 0.1) is 0 Å². The second kappa shape index (κ2) is 11.1. The van der Waals surface area contributed by atoms with Crippen molar-refractivity contribution in [2.75, 3.05) is 0 Å². The Labute approximate surface area is 351 Å². The van der Waals surface area contributed by atoms with Crippen LogP contribution in [0.2, 0.25) is 0 Å². The Bertz CT molecular complexity index is 2450. The molecule has 9 heteroatoms. The average Bonchev–Trinajstić information content (AvgIpc) is 3.98. The summed E-state index contributed by atoms with van der Waals surface area (Å²) < 4.78 is 24.6. The first kappa shape index (κ1) is 33.8. The van der Waals surface area contributed by atoms with E-state index in [9.17, 15) is 19.1 Å². The second-order valence-electron chi connectivity index (χ2n) is 16.3. The quantitative estimate of drug-likeness (QED) is 0.122. The van der Waals surface area contributed by atoms with Crippen molar-refractivity contribution in [2.24, 2.45) is 0 Å². The third kappa shape index (κ3) is 4.13. The first-order valence-corrected chi connectivity index (χ1v) is 19.9. The Kier molecular flexibility index (Phi) is 7.08. The minimum absolute atomic E-state index is 0. The smallest absolute Gasteiger partial charge is 0.780 e. The molecule has 0 aliphatic heterocycles. The summed E-state index contributed by atoms with van der Waals surface area (Å²) in [6, 6.07) is 27.1. The van der Waals surface area contributed by atoms with E-state index in [1.54, 1.807) is 0 Å². The standard InChI is InChI=1S/C44H33O6P.2Na/c1-18(45)49-43-39-35-16-37(33-14-29-25-10-23(27(29)12-31(33)35)19-6-2-4-8-21(19)25)41(39)44(50-51(46,47)48)42-38-17-36(40(42)43)32-13-28-24-11-26(30(28)15-34(32)38)22-9-5-3-7-20(22)24;;/h2-9,12-15,23-26,35-38H,10-11,16-17H2,1H3,(H2,46,47,48);;/q;2*+1/p-2. The number of rotatable bonds is 3. The van der Waals surface area contributed by atoms with E-state index in [0.717, 1.165) is 47.9 Å². The van der Waals surface area contributed by atoms with E-state index in [0.29, 0.717) is 29.4 Å². The summed E-state index contributed by atoms with van der Waals surface area (Å²) in [7, 11) is -5.43. The van der Waals surface area contributed by atoms with Crippen molar-refractivity contribution in [1.29, 1.82) is 0 Å². The van der Waals surface area contributed by atoms with Crippen molar-refractivity contribution >= 4 is 13.8 Å². The van der Waals surface area contributed by atoms with Crippen LogP contribution in [0.4, 0.5) is 0 Å². The van der Waals surface area contributed by atoms with E-state index in [1.165, 1.54) is 73.7 Å². The molecule has 250 valence electrons. The zero-order valence-corrected chi connectivity index (χ0v) is 34.7. The molecular weight excluding hydrogens is 701 g/mol. The summed E-state index contributed by atoms with van der Waals surface area (Å²) >= 11 is 0. The largest absolute Gasteiger partial charge is 1.00 e. The normalized spacial score (nSPS) is 27.8. The van der Waals surface area contributed by atoms with E-state index < -0.39 is 13.8 Å². The topological polar surface area (TPSA) is 98.7 Å². The summed E-state index contributed by atoms with van der Waals surface area (Å²) in [6.45, 7) is 1.44. The number of phosphoric ester groups is 1. The van der Waals surface area contributed by atoms with Gasteiger partial charge in [-0.25, -0.2) is 0 Å². The molecule has 8 bridgehead atoms. The third-order valence-corrected chi connectivity index (χ3v) is 14.8. The predicted molar refractivity (Wildman–Crippen MR) is 185 cm³/mol. The molecule has 0 saturated carbocycles. The molecule has 13 rings (SSSR count). The van der Waals surface area contributed by atoms with Crippen molar-refractivity contribution in [2.45, 2.75) is 80.0 Å². The Morgan fingerprint density at radius 2 is 0.792 bits per heavy atom. The number of carbonyl (C=O) groups excluding carboxylic acids is 1. The summed E-state index contributed by atoms with van der Waals surface area (Å²) in [5, 5.41) is 0. The van der Waals surface area contributed by atoms with Crippen molar-refractivity contribution in [3.05, 3.63) is 162 Å². The number of hydrogen-bond acceptors (Lipinski definition) is 6. The molecule has 5 aromatic rings. The van der Waals surface area contributed by atoms with Crippen molar-refractivity contribution < 1.29 is 87.5 Å². The maximum Gasteiger partial charge on any atom is 1.00 e. The fraction of sp³-hybridized carbons (Fsp3) is 0.295. The molecule has 8 atom stereocenters. The van der Waals surface area contributed by atoms with Gasteiger partial charge >= 0.3 is 65.1 Å². The summed E-state index contributed by atoms with van der Waals surface area (Å²) in [6.07, 6.45) is 3.64. The SMILES string of the molecule is CC(=O)Oc1c2c(c(OP(=O)([O-])[O-])c3c1C1CC3c3cc4c(cc31)C1CC4c3ccccc31)C1CC2c2cc3c(cc21)C1CC3c2ccccc21.[Na+].[Na+]. The first-order chi connectivity index (χ1) is 24.7. The molecular formula is C44H31Na2O6P. The second-order valence-corrected chi connectivity index (χ2v) is 17.4. The summed E-state index contributed by atoms with van der Waals surface area (Å²) in [5.41, 5.74) is 19.2. The zero-order chi connectivity index (χ0) is 33.8. The minimum Gasteiger partial charge on any atom is -0.780 e. The van der Waals surface area contributed by atoms with Gasteiger partial charge in [-0.05, 0) is 92.4 Å². The van der Waals surface area contributed by atoms with Gasteiger partial charge in [-0.1, -0.05) is 72.8 Å². The molecule has 8 aliphatic rings. The third-order valence-electron chi connectivity index (χ3n) is 14.4. The Hall–Kier alpha value is -2.48. The van der Waals surface area contributed by atoms with Crippen LogP contribution in [-0.4, -0.2) is 5.97 Å². The molecule has 0 radical (unpaired) electrons. The first-order valence-electron chi connectivity index (χ1n) is 18.4. The van der Waals surface area contributed by atoms with Crippen molar-refractivity contribution in [1.82, 2.24) is 0 Å². The maximum atomic E-state index is 12.9. The molecule has 0 aromatic heterocycles. The predicted octanol–water partition coefficient (Wildman–Crippen LogP) is 1.75. The minimum atomic E-state index is -5.43. The molecule has 0 heterocycles. The van der Waals surface area contributed by atoms with Gasteiger partial charge < -0.3 is 23.6 Å². The maximum absolute atomic E-state index is 12.9. The fourth-order valence-corrected chi connectivity index (χ4v) is 13.3. The number of phosphoric acid groups is 1. The van der Waals surface area contributed by atoms with Crippen LogP contribution in [0, 0.1) is 0 Å². The van der Waals surface area contributed by atoms with Gasteiger partial charge in [-0.15, -0.1) is 0 Å². The average molecular weight is 733 g/mol. The number of carbonyl (C=O) groups is 1. The van der Waals surface area contributed by atoms with Gasteiger partial charge in [0.25, 0.3) is 0 Å². The Morgan fingerprint density at radius 1 is 0.509 bits per heavy atom. The van der Waals surface area contributed by atoms with Gasteiger partial charge in [0.15, 0.2) is 0 Å². The number of ether oxygens (including phenoxy) is 1. The van der Waals surface area contributed by atoms with Crippen molar-refractivity contribution in [3.8, 4) is 11.5 Å². The van der Waals surface area contributed by atoms with Crippen LogP contribution in [0.5, 0.6) is 11.5 Å². The van der Waals surface area contributed by atoms with Crippen LogP contribution in [0.15, 0.2) is 72.8 Å². The zero-order valence-electron chi connectivity index (χ0n) is 29.8. The van der Waals surface area contributed by atoms with E-state index in [-0.39, 0.29) is 88.5 Å². The molecule has 8 aliphatic carbocycles. The number of fused-ring (bicyclic) bond motifs is 32. The van der Waals surface area contributed by atoms with Crippen LogP contribution < -0.4 is 78.2 Å². The van der Waals surface area contributed by atoms with Crippen LogP contribution >= 0.6 is 7.82 Å². The fourth-order valence-electron chi connectivity index (χ4n) is 12.9. The number of hydrogen-bond donors (Lipinski definition) is 0. The van der Waals surface area contributed by atoms with E-state index in [1.807, 2.05) is 0 Å². The van der Waals surface area contributed by atoms with Gasteiger partial charge in [-0.2, -0.15) is 0 Å². The molecule has 0 amide bonds. The van der Waals surface area contributed by atoms with Gasteiger partial charge in [-0.3, -0.25) is 4.79 Å². The van der Waals surface area contributed by atoms with E-state index in [2.05, 4.69) is 72.8 Å². The van der Waals surface area contributed by atoms with E-state index in [4.69, 9.17) is 9.26 Å². The number of esters is 1. The van der Waals surface area contributed by atoms with Gasteiger partial charge in [0.2, 0.25) is 0 Å². The molecule has 0 fully saturated rings. The number of benzene rings is 5. The van der Waals surface area contributed by atoms with Crippen LogP contribution in [0.25, 0.3) is 0 Å². The van der Waals surface area contributed by atoms with Crippen molar-refractivity contribution in [3.63, 3.8) is 0 Å². The molecule has 5 aromatic carbocycles. The monoisotopic (exact) mass is 732 g/mol. The molecule has 53 heavy (non-hydrogen) atoms. The van der Waals surface area contributed by atoms with Crippen LogP contribution in [-0.2, 0) is 9.36 Å². The Balaban J connectivity index is 0.00000165. The molecule has 0 saturated heterocycles. The van der Waals surface area contributed by atoms with Crippen LogP contribution in [0.1, 0.15) is 169 Å². The molecule has 0 spiro atoms.